The van der Waals surface area contributed by atoms with Gasteiger partial charge in [-0.05, 0) is 18.2 Å². The Labute approximate surface area is 118 Å². The molecule has 0 unspecified atom stereocenters. The highest BCUT2D eigenvalue weighted by Crippen LogP contribution is 2.14. The van der Waals surface area contributed by atoms with E-state index in [1.54, 1.807) is 6.07 Å². The summed E-state index contributed by atoms with van der Waals surface area (Å²) in [6.07, 6.45) is 1.26. The van der Waals surface area contributed by atoms with Crippen molar-refractivity contribution >= 4 is 23.6 Å². The largest absolute Gasteiger partial charge is 0.478 e. The van der Waals surface area contributed by atoms with Crippen LogP contribution in [0.4, 0.5) is 10.5 Å². The average molecular weight is 284 g/mol. The molecule has 0 fully saturated rings. The van der Waals surface area contributed by atoms with E-state index in [1.165, 1.54) is 18.2 Å². The summed E-state index contributed by atoms with van der Waals surface area (Å²) in [4.78, 5) is 32.8. The van der Waals surface area contributed by atoms with Crippen molar-refractivity contribution in [2.45, 2.75) is 0 Å². The molecule has 0 aliphatic carbocycles. The second-order valence-corrected chi connectivity index (χ2v) is 3.60. The van der Waals surface area contributed by atoms with Crippen LogP contribution >= 0.6 is 0 Å². The van der Waals surface area contributed by atoms with Gasteiger partial charge < -0.3 is 10.4 Å². The molecule has 0 saturated heterocycles. The molecule has 1 aromatic rings. The highest BCUT2D eigenvalue weighted by Gasteiger charge is 2.08. The van der Waals surface area contributed by atoms with E-state index < -0.39 is 17.9 Å². The Morgan fingerprint density at radius 3 is 2.33 bits per heavy atom. The SMILES string of the molecule is N#Cc1ccc(NC(=O)NC(=O)/C=C/C(=O)O)cc1C#N. The van der Waals surface area contributed by atoms with Crippen LogP contribution in [0.15, 0.2) is 30.4 Å². The summed E-state index contributed by atoms with van der Waals surface area (Å²) in [5.41, 5.74) is 0.439. The predicted octanol–water partition coefficient (Wildman–Crippen LogP) is 0.719. The molecule has 0 atom stereocenters. The third-order valence-corrected chi connectivity index (χ3v) is 2.13. The number of aliphatic carboxylic acids is 1. The highest BCUT2D eigenvalue weighted by molar-refractivity contribution is 6.06. The van der Waals surface area contributed by atoms with E-state index in [0.717, 1.165) is 0 Å². The topological polar surface area (TPSA) is 143 Å². The first-order valence-corrected chi connectivity index (χ1v) is 5.43. The quantitative estimate of drug-likeness (QED) is 0.697. The first-order valence-electron chi connectivity index (χ1n) is 5.43. The molecule has 0 radical (unpaired) electrons. The highest BCUT2D eigenvalue weighted by atomic mass is 16.4. The lowest BCUT2D eigenvalue weighted by Crippen LogP contribution is -2.33. The zero-order valence-electron chi connectivity index (χ0n) is 10.5. The summed E-state index contributed by atoms with van der Waals surface area (Å²) in [6, 6.07) is 6.72. The molecule has 0 bridgehead atoms. The summed E-state index contributed by atoms with van der Waals surface area (Å²) in [5, 5.41) is 30.0. The number of rotatable bonds is 3. The van der Waals surface area contributed by atoms with Gasteiger partial charge in [0, 0.05) is 17.8 Å². The van der Waals surface area contributed by atoms with Gasteiger partial charge in [0.25, 0.3) is 5.91 Å². The van der Waals surface area contributed by atoms with Gasteiger partial charge in [-0.15, -0.1) is 0 Å². The molecular weight excluding hydrogens is 276 g/mol. The molecule has 0 aliphatic rings. The minimum absolute atomic E-state index is 0.0763. The van der Waals surface area contributed by atoms with Crippen LogP contribution in [0.2, 0.25) is 0 Å². The molecule has 8 heteroatoms. The van der Waals surface area contributed by atoms with Crippen LogP contribution in [0.1, 0.15) is 11.1 Å². The number of carbonyl (C=O) groups is 3. The zero-order valence-corrected chi connectivity index (χ0v) is 10.5. The van der Waals surface area contributed by atoms with E-state index in [2.05, 4.69) is 5.32 Å². The molecule has 1 aromatic carbocycles. The Morgan fingerprint density at radius 1 is 1.10 bits per heavy atom. The summed E-state index contributed by atoms with van der Waals surface area (Å²) in [5.74, 6) is -2.24. The lowest BCUT2D eigenvalue weighted by molar-refractivity contribution is -0.131. The summed E-state index contributed by atoms with van der Waals surface area (Å²) < 4.78 is 0. The smallest absolute Gasteiger partial charge is 0.328 e. The monoisotopic (exact) mass is 284 g/mol. The molecule has 0 aromatic heterocycles. The number of benzene rings is 1. The van der Waals surface area contributed by atoms with Gasteiger partial charge >= 0.3 is 12.0 Å². The Balaban J connectivity index is 2.72. The molecule has 21 heavy (non-hydrogen) atoms. The van der Waals surface area contributed by atoms with E-state index >= 15 is 0 Å². The Morgan fingerprint density at radius 2 is 1.76 bits per heavy atom. The number of carboxylic acid groups (broad SMARTS) is 1. The van der Waals surface area contributed by atoms with E-state index in [9.17, 15) is 14.4 Å². The Bertz CT molecular complexity index is 710. The van der Waals surface area contributed by atoms with Crippen molar-refractivity contribution in [2.75, 3.05) is 5.32 Å². The van der Waals surface area contributed by atoms with Crippen molar-refractivity contribution in [1.82, 2.24) is 5.32 Å². The van der Waals surface area contributed by atoms with Crippen LogP contribution < -0.4 is 10.6 Å². The number of imide groups is 1. The fourth-order valence-electron chi connectivity index (χ4n) is 1.27. The molecule has 104 valence electrons. The van der Waals surface area contributed by atoms with Gasteiger partial charge in [0.05, 0.1) is 11.1 Å². The van der Waals surface area contributed by atoms with Gasteiger partial charge in [-0.25, -0.2) is 9.59 Å². The molecule has 0 aliphatic heterocycles. The number of urea groups is 1. The molecule has 3 amide bonds. The third kappa shape index (κ3) is 4.85. The van der Waals surface area contributed by atoms with Gasteiger partial charge in [0.15, 0.2) is 0 Å². The van der Waals surface area contributed by atoms with Crippen molar-refractivity contribution in [2.24, 2.45) is 0 Å². The van der Waals surface area contributed by atoms with Crippen LogP contribution in [0.5, 0.6) is 0 Å². The number of nitriles is 2. The van der Waals surface area contributed by atoms with Crippen LogP contribution in [-0.2, 0) is 9.59 Å². The maximum absolute atomic E-state index is 11.4. The van der Waals surface area contributed by atoms with Gasteiger partial charge in [-0.1, -0.05) is 0 Å². The summed E-state index contributed by atoms with van der Waals surface area (Å²) in [7, 11) is 0. The van der Waals surface area contributed by atoms with Crippen LogP contribution in [0, 0.1) is 22.7 Å². The standard InChI is InChI=1S/C13H8N4O4/c14-6-8-1-2-10(5-9(8)7-15)16-13(21)17-11(18)3-4-12(19)20/h1-5H,(H,19,20)(H2,16,17,18,21)/b4-3+. The van der Waals surface area contributed by atoms with Gasteiger partial charge in [0.2, 0.25) is 0 Å². The number of carboxylic acids is 1. The molecule has 0 heterocycles. The number of hydrogen-bond acceptors (Lipinski definition) is 5. The van der Waals surface area contributed by atoms with Crippen molar-refractivity contribution in [3.05, 3.63) is 41.5 Å². The minimum Gasteiger partial charge on any atom is -0.478 e. The molecule has 8 nitrogen and oxygen atoms in total. The molecule has 3 N–H and O–H groups in total. The number of amides is 3. The number of nitrogens with zero attached hydrogens (tertiary/aromatic N) is 2. The lowest BCUT2D eigenvalue weighted by Gasteiger charge is -2.05. The minimum atomic E-state index is -1.32. The first kappa shape index (κ1) is 15.4. The molecule has 0 saturated carbocycles. The van der Waals surface area contributed by atoms with Crippen molar-refractivity contribution < 1.29 is 19.5 Å². The van der Waals surface area contributed by atoms with Gasteiger partial charge in [-0.3, -0.25) is 10.1 Å². The molecule has 1 rings (SSSR count). The third-order valence-electron chi connectivity index (χ3n) is 2.13. The van der Waals surface area contributed by atoms with Crippen molar-refractivity contribution in [1.29, 1.82) is 10.5 Å². The normalized spacial score (nSPS) is 9.43. The van der Waals surface area contributed by atoms with Crippen LogP contribution in [-0.4, -0.2) is 23.0 Å². The first-order chi connectivity index (χ1) is 9.96. The number of hydrogen-bond donors (Lipinski definition) is 3. The second-order valence-electron chi connectivity index (χ2n) is 3.60. The van der Waals surface area contributed by atoms with E-state index in [-0.39, 0.29) is 16.8 Å². The number of nitrogens with one attached hydrogen (secondary N) is 2. The summed E-state index contributed by atoms with van der Waals surface area (Å²) >= 11 is 0. The molecular formula is C13H8N4O4. The average Bonchev–Trinajstić information content (AvgIpc) is 2.44. The Hall–Kier alpha value is -3.65. The number of anilines is 1. The van der Waals surface area contributed by atoms with Crippen LogP contribution in [0.3, 0.4) is 0 Å². The predicted molar refractivity (Wildman–Crippen MR) is 69.8 cm³/mol. The van der Waals surface area contributed by atoms with Gasteiger partial charge in [0.1, 0.15) is 12.1 Å². The van der Waals surface area contributed by atoms with Crippen LogP contribution in [0.25, 0.3) is 0 Å². The van der Waals surface area contributed by atoms with E-state index in [0.29, 0.717) is 12.2 Å². The maximum atomic E-state index is 11.4. The van der Waals surface area contributed by atoms with E-state index in [1.807, 2.05) is 11.4 Å². The Kier molecular flexibility index (Phi) is 5.18. The van der Waals surface area contributed by atoms with Crippen molar-refractivity contribution in [3.63, 3.8) is 0 Å². The fourth-order valence-corrected chi connectivity index (χ4v) is 1.27. The van der Waals surface area contributed by atoms with Crippen molar-refractivity contribution in [3.8, 4) is 12.1 Å². The number of carbonyl (C=O) groups excluding carboxylic acids is 2. The summed E-state index contributed by atoms with van der Waals surface area (Å²) in [6.45, 7) is 0. The maximum Gasteiger partial charge on any atom is 0.328 e. The zero-order chi connectivity index (χ0) is 15.8. The fraction of sp³-hybridized carbons (Fsp3) is 0. The lowest BCUT2D eigenvalue weighted by atomic mass is 10.1. The molecule has 0 spiro atoms. The second kappa shape index (κ2) is 7.07. The van der Waals surface area contributed by atoms with E-state index in [4.69, 9.17) is 15.6 Å². The van der Waals surface area contributed by atoms with Gasteiger partial charge in [-0.2, -0.15) is 10.5 Å².